The Bertz CT molecular complexity index is 755. The number of nitrogen functional groups attached to an aromatic ring is 1. The molecule has 0 bridgehead atoms. The molecule has 2 N–H and O–H groups in total. The van der Waals surface area contributed by atoms with Gasteiger partial charge >= 0.3 is 0 Å². The third-order valence-electron chi connectivity index (χ3n) is 4.39. The number of hydrogen-bond acceptors (Lipinski definition) is 6. The second-order valence-electron chi connectivity index (χ2n) is 5.99. The lowest BCUT2D eigenvalue weighted by atomic mass is 10.1. The molecule has 1 aromatic heterocycles. The number of thiophene rings is 1. The van der Waals surface area contributed by atoms with Gasteiger partial charge in [-0.25, -0.2) is 0 Å². The standard InChI is InChI=1S/C17H20N4O3S/c18-15-4-3-13(12-16(15)21(23)24)17(22)20-9-7-19(8-10-20)6-5-14-2-1-11-25-14/h1-4,11-12H,5-10,18H2. The number of amides is 1. The Morgan fingerprint density at radius 3 is 2.64 bits per heavy atom. The molecule has 8 heteroatoms. The van der Waals surface area contributed by atoms with Gasteiger partial charge in [-0.2, -0.15) is 0 Å². The molecule has 25 heavy (non-hydrogen) atoms. The van der Waals surface area contributed by atoms with Crippen molar-refractivity contribution in [3.8, 4) is 0 Å². The number of nitrogens with two attached hydrogens (primary N) is 1. The summed E-state index contributed by atoms with van der Waals surface area (Å²) in [4.78, 5) is 28.5. The van der Waals surface area contributed by atoms with E-state index in [9.17, 15) is 14.9 Å². The minimum Gasteiger partial charge on any atom is -0.393 e. The van der Waals surface area contributed by atoms with Crippen molar-refractivity contribution < 1.29 is 9.72 Å². The number of rotatable bonds is 5. The zero-order chi connectivity index (χ0) is 17.8. The Hall–Kier alpha value is -2.45. The summed E-state index contributed by atoms with van der Waals surface area (Å²) in [5.74, 6) is -0.180. The summed E-state index contributed by atoms with van der Waals surface area (Å²) >= 11 is 1.76. The van der Waals surface area contributed by atoms with Crippen LogP contribution in [0, 0.1) is 10.1 Å². The molecular formula is C17H20N4O3S. The average molecular weight is 360 g/mol. The predicted molar refractivity (Wildman–Crippen MR) is 97.9 cm³/mol. The molecule has 1 amide bonds. The van der Waals surface area contributed by atoms with Crippen molar-refractivity contribution >= 4 is 28.6 Å². The summed E-state index contributed by atoms with van der Waals surface area (Å²) in [5, 5.41) is 13.1. The Balaban J connectivity index is 1.56. The molecule has 1 aliphatic heterocycles. The second-order valence-corrected chi connectivity index (χ2v) is 7.03. The van der Waals surface area contributed by atoms with Crippen LogP contribution in [0.2, 0.25) is 0 Å². The van der Waals surface area contributed by atoms with Crippen LogP contribution in [0.1, 0.15) is 15.2 Å². The zero-order valence-electron chi connectivity index (χ0n) is 13.8. The fraction of sp³-hybridized carbons (Fsp3) is 0.353. The minimum atomic E-state index is -0.561. The minimum absolute atomic E-state index is 0.0694. The molecule has 1 aliphatic rings. The molecule has 1 saturated heterocycles. The van der Waals surface area contributed by atoms with Gasteiger partial charge in [0.2, 0.25) is 0 Å². The summed E-state index contributed by atoms with van der Waals surface area (Å²) in [5.41, 5.74) is 5.75. The first kappa shape index (κ1) is 17.4. The van der Waals surface area contributed by atoms with E-state index in [1.165, 1.54) is 17.0 Å². The number of hydrogen-bond donors (Lipinski definition) is 1. The van der Waals surface area contributed by atoms with Gasteiger partial charge in [0.05, 0.1) is 4.92 Å². The number of carbonyl (C=O) groups is 1. The quantitative estimate of drug-likeness (QED) is 0.501. The van der Waals surface area contributed by atoms with Gasteiger partial charge in [0, 0.05) is 49.2 Å². The van der Waals surface area contributed by atoms with Crippen LogP contribution < -0.4 is 5.73 Å². The van der Waals surface area contributed by atoms with Crippen molar-refractivity contribution in [2.75, 3.05) is 38.5 Å². The molecule has 0 saturated carbocycles. The van der Waals surface area contributed by atoms with Crippen LogP contribution in [0.15, 0.2) is 35.7 Å². The lowest BCUT2D eigenvalue weighted by molar-refractivity contribution is -0.383. The van der Waals surface area contributed by atoms with Crippen LogP contribution in [0.5, 0.6) is 0 Å². The van der Waals surface area contributed by atoms with Crippen LogP contribution >= 0.6 is 11.3 Å². The molecule has 0 radical (unpaired) electrons. The van der Waals surface area contributed by atoms with E-state index in [0.717, 1.165) is 26.1 Å². The Kier molecular flexibility index (Phi) is 5.30. The molecule has 2 heterocycles. The van der Waals surface area contributed by atoms with E-state index in [1.807, 2.05) is 0 Å². The third kappa shape index (κ3) is 4.15. The second kappa shape index (κ2) is 7.62. The van der Waals surface area contributed by atoms with Crippen LogP contribution in [0.25, 0.3) is 0 Å². The topological polar surface area (TPSA) is 92.7 Å². The summed E-state index contributed by atoms with van der Waals surface area (Å²) in [7, 11) is 0. The maximum atomic E-state index is 12.6. The van der Waals surface area contributed by atoms with Crippen molar-refractivity contribution in [2.24, 2.45) is 0 Å². The summed E-state index contributed by atoms with van der Waals surface area (Å²) in [6.07, 6.45) is 1.02. The van der Waals surface area contributed by atoms with E-state index in [0.29, 0.717) is 18.7 Å². The van der Waals surface area contributed by atoms with Gasteiger partial charge in [0.25, 0.3) is 11.6 Å². The van der Waals surface area contributed by atoms with Crippen molar-refractivity contribution in [1.29, 1.82) is 0 Å². The molecule has 0 unspecified atom stereocenters. The number of carbonyl (C=O) groups excluding carboxylic acids is 1. The lowest BCUT2D eigenvalue weighted by Gasteiger charge is -2.34. The van der Waals surface area contributed by atoms with Crippen LogP contribution in [0.4, 0.5) is 11.4 Å². The number of benzene rings is 1. The van der Waals surface area contributed by atoms with E-state index >= 15 is 0 Å². The Morgan fingerprint density at radius 2 is 2.00 bits per heavy atom. The molecule has 2 aromatic rings. The van der Waals surface area contributed by atoms with E-state index in [-0.39, 0.29) is 17.3 Å². The van der Waals surface area contributed by atoms with Crippen molar-refractivity contribution in [3.05, 3.63) is 56.3 Å². The summed E-state index contributed by atoms with van der Waals surface area (Å²) in [6, 6.07) is 8.43. The third-order valence-corrected chi connectivity index (χ3v) is 5.32. The van der Waals surface area contributed by atoms with Gasteiger partial charge in [-0.05, 0) is 30.0 Å². The van der Waals surface area contributed by atoms with Gasteiger partial charge in [-0.15, -0.1) is 11.3 Å². The SMILES string of the molecule is Nc1ccc(C(=O)N2CCN(CCc3cccs3)CC2)cc1[N+](=O)[O-]. The highest BCUT2D eigenvalue weighted by atomic mass is 32.1. The first-order valence-electron chi connectivity index (χ1n) is 8.12. The number of anilines is 1. The predicted octanol–water partition coefficient (Wildman–Crippen LogP) is 2.24. The first-order chi connectivity index (χ1) is 12.0. The van der Waals surface area contributed by atoms with Crippen molar-refractivity contribution in [2.45, 2.75) is 6.42 Å². The molecule has 1 fully saturated rings. The molecular weight excluding hydrogens is 340 g/mol. The zero-order valence-corrected chi connectivity index (χ0v) is 14.6. The van der Waals surface area contributed by atoms with Crippen molar-refractivity contribution in [1.82, 2.24) is 9.80 Å². The van der Waals surface area contributed by atoms with Gasteiger partial charge < -0.3 is 10.6 Å². The highest BCUT2D eigenvalue weighted by Gasteiger charge is 2.24. The van der Waals surface area contributed by atoms with Crippen LogP contribution in [-0.2, 0) is 6.42 Å². The summed E-state index contributed by atoms with van der Waals surface area (Å²) < 4.78 is 0. The monoisotopic (exact) mass is 360 g/mol. The number of piperazine rings is 1. The van der Waals surface area contributed by atoms with E-state index < -0.39 is 4.92 Å². The largest absolute Gasteiger partial charge is 0.393 e. The smallest absolute Gasteiger partial charge is 0.292 e. The molecule has 0 aliphatic carbocycles. The van der Waals surface area contributed by atoms with Crippen LogP contribution in [0.3, 0.4) is 0 Å². The van der Waals surface area contributed by atoms with Gasteiger partial charge in [0.15, 0.2) is 0 Å². The first-order valence-corrected chi connectivity index (χ1v) is 9.00. The molecule has 0 atom stereocenters. The van der Waals surface area contributed by atoms with E-state index in [4.69, 9.17) is 5.73 Å². The Morgan fingerprint density at radius 1 is 1.24 bits per heavy atom. The van der Waals surface area contributed by atoms with E-state index in [1.54, 1.807) is 22.3 Å². The average Bonchev–Trinajstić information content (AvgIpc) is 3.13. The maximum Gasteiger partial charge on any atom is 0.292 e. The van der Waals surface area contributed by atoms with E-state index in [2.05, 4.69) is 22.4 Å². The molecule has 7 nitrogen and oxygen atoms in total. The number of nitro groups is 1. The van der Waals surface area contributed by atoms with Gasteiger partial charge in [-0.1, -0.05) is 6.07 Å². The normalized spacial score (nSPS) is 15.3. The van der Waals surface area contributed by atoms with Crippen molar-refractivity contribution in [3.63, 3.8) is 0 Å². The Labute approximate surface area is 149 Å². The van der Waals surface area contributed by atoms with Crippen LogP contribution in [-0.4, -0.2) is 53.4 Å². The molecule has 0 spiro atoms. The fourth-order valence-electron chi connectivity index (χ4n) is 2.92. The highest BCUT2D eigenvalue weighted by molar-refractivity contribution is 7.09. The molecule has 3 rings (SSSR count). The number of nitrogens with zero attached hydrogens (tertiary/aromatic N) is 3. The highest BCUT2D eigenvalue weighted by Crippen LogP contribution is 2.23. The fourth-order valence-corrected chi connectivity index (χ4v) is 3.61. The molecule has 132 valence electrons. The van der Waals surface area contributed by atoms with Gasteiger partial charge in [0.1, 0.15) is 5.69 Å². The maximum absolute atomic E-state index is 12.6. The lowest BCUT2D eigenvalue weighted by Crippen LogP contribution is -2.49. The summed E-state index contributed by atoms with van der Waals surface area (Å²) in [6.45, 7) is 3.86. The molecule has 1 aromatic carbocycles. The number of nitro benzene ring substituents is 1. The van der Waals surface area contributed by atoms with Gasteiger partial charge in [-0.3, -0.25) is 19.8 Å².